The lowest BCUT2D eigenvalue weighted by atomic mass is 10.4. The van der Waals surface area contributed by atoms with Crippen LogP contribution >= 0.6 is 0 Å². The normalized spacial score (nSPS) is 11.0. The Hall–Kier alpha value is -1.39. The third-order valence-electron chi connectivity index (χ3n) is 0.620. The first-order valence-electron chi connectivity index (χ1n) is 2.09. The molecule has 0 saturated carbocycles. The summed E-state index contributed by atoms with van der Waals surface area (Å²) < 4.78 is 0. The van der Waals surface area contributed by atoms with Crippen LogP contribution in [0, 0.1) is 10.1 Å². The van der Waals surface area contributed by atoms with E-state index in [9.17, 15) is 14.9 Å². The van der Waals surface area contributed by atoms with Gasteiger partial charge in [0.15, 0.2) is 0 Å². The summed E-state index contributed by atoms with van der Waals surface area (Å²) in [5.41, 5.74) is -0.373. The van der Waals surface area contributed by atoms with Gasteiger partial charge < -0.3 is 5.11 Å². The van der Waals surface area contributed by atoms with Crippen molar-refractivity contribution in [2.75, 3.05) is 0 Å². The van der Waals surface area contributed by atoms with Gasteiger partial charge in [-0.2, -0.15) is 0 Å². The van der Waals surface area contributed by atoms with Gasteiger partial charge in [0.25, 0.3) is 0 Å². The van der Waals surface area contributed by atoms with Crippen LogP contribution in [-0.4, -0.2) is 16.0 Å². The molecule has 1 N–H and O–H groups in total. The van der Waals surface area contributed by atoms with Gasteiger partial charge in [0.1, 0.15) is 0 Å². The fourth-order valence-corrected chi connectivity index (χ4v) is 0.231. The molecule has 0 aliphatic rings. The van der Waals surface area contributed by atoms with Crippen LogP contribution in [0.25, 0.3) is 0 Å². The molecule has 0 spiro atoms. The van der Waals surface area contributed by atoms with Crippen LogP contribution in [0.5, 0.6) is 0 Å². The second-order valence-electron chi connectivity index (χ2n) is 1.38. The summed E-state index contributed by atoms with van der Waals surface area (Å²) in [5.74, 6) is -1.30. The van der Waals surface area contributed by atoms with E-state index in [2.05, 4.69) is 0 Å². The van der Waals surface area contributed by atoms with Gasteiger partial charge in [-0.1, -0.05) is 0 Å². The highest BCUT2D eigenvalue weighted by molar-refractivity contribution is 5.80. The smallest absolute Gasteiger partial charge is 0.334 e. The maximum absolute atomic E-state index is 9.73. The number of carboxylic acids is 1. The Kier molecular flexibility index (Phi) is 2.37. The highest BCUT2D eigenvalue weighted by Gasteiger charge is 2.03. The minimum absolute atomic E-state index is 0.373. The SMILES string of the molecule is C/C(=C/C(=O)O)[N+](=O)[O-]. The summed E-state index contributed by atoms with van der Waals surface area (Å²) in [6.45, 7) is 1.12. The number of rotatable bonds is 2. The third kappa shape index (κ3) is 3.22. The maximum atomic E-state index is 9.73. The van der Waals surface area contributed by atoms with Gasteiger partial charge in [-0.05, 0) is 0 Å². The van der Waals surface area contributed by atoms with Gasteiger partial charge in [0, 0.05) is 6.92 Å². The Bertz CT molecular complexity index is 171. The molecule has 0 aliphatic heterocycles. The average molecular weight is 131 g/mol. The minimum Gasteiger partial charge on any atom is -0.478 e. The molecule has 0 aromatic heterocycles. The molecule has 0 rings (SSSR count). The van der Waals surface area contributed by atoms with Gasteiger partial charge in [-0.3, -0.25) is 10.1 Å². The lowest BCUT2D eigenvalue weighted by Gasteiger charge is -1.83. The fourth-order valence-electron chi connectivity index (χ4n) is 0.231. The quantitative estimate of drug-likeness (QED) is 0.331. The van der Waals surface area contributed by atoms with Crippen molar-refractivity contribution in [3.63, 3.8) is 0 Å². The largest absolute Gasteiger partial charge is 0.478 e. The predicted octanol–water partition coefficient (Wildman–Crippen LogP) is 0.252. The molecule has 0 saturated heterocycles. The van der Waals surface area contributed by atoms with E-state index in [1.807, 2.05) is 0 Å². The molecule has 50 valence electrons. The van der Waals surface area contributed by atoms with Crippen molar-refractivity contribution in [2.24, 2.45) is 0 Å². The maximum Gasteiger partial charge on any atom is 0.334 e. The monoisotopic (exact) mass is 131 g/mol. The van der Waals surface area contributed by atoms with E-state index < -0.39 is 10.9 Å². The van der Waals surface area contributed by atoms with Crippen LogP contribution in [0.1, 0.15) is 6.92 Å². The number of hydrogen-bond acceptors (Lipinski definition) is 3. The van der Waals surface area contributed by atoms with Gasteiger partial charge in [-0.25, -0.2) is 4.79 Å². The molecule has 0 atom stereocenters. The Balaban J connectivity index is 4.17. The molecule has 5 heteroatoms. The predicted molar refractivity (Wildman–Crippen MR) is 28.4 cm³/mol. The number of allylic oxidation sites excluding steroid dienone is 1. The van der Waals surface area contributed by atoms with Crippen LogP contribution in [0.4, 0.5) is 0 Å². The first-order valence-corrected chi connectivity index (χ1v) is 2.09. The Morgan fingerprint density at radius 3 is 2.33 bits per heavy atom. The van der Waals surface area contributed by atoms with Crippen LogP contribution in [0.3, 0.4) is 0 Å². The van der Waals surface area contributed by atoms with Gasteiger partial charge in [-0.15, -0.1) is 0 Å². The number of hydrogen-bond donors (Lipinski definition) is 1. The molecule has 0 aliphatic carbocycles. The number of nitro groups is 1. The molecule has 0 amide bonds. The highest BCUT2D eigenvalue weighted by Crippen LogP contribution is 1.90. The van der Waals surface area contributed by atoms with Crippen LogP contribution in [0.15, 0.2) is 11.8 Å². The average Bonchev–Trinajstić information content (AvgIpc) is 1.63. The molecular weight excluding hydrogens is 126 g/mol. The zero-order chi connectivity index (χ0) is 7.44. The standard InChI is InChI=1S/C4H5NO4/c1-3(5(8)9)2-4(6)7/h2H,1H3,(H,6,7)/b3-2-. The molecule has 9 heavy (non-hydrogen) atoms. The third-order valence-corrected chi connectivity index (χ3v) is 0.620. The molecule has 0 aromatic rings. The number of nitrogens with zero attached hydrogens (tertiary/aromatic N) is 1. The highest BCUT2D eigenvalue weighted by atomic mass is 16.6. The summed E-state index contributed by atoms with van der Waals surface area (Å²) in [4.78, 5) is 18.7. The van der Waals surface area contributed by atoms with E-state index in [0.717, 1.165) is 6.92 Å². The topological polar surface area (TPSA) is 80.4 Å². The zero-order valence-corrected chi connectivity index (χ0v) is 4.70. The van der Waals surface area contributed by atoms with E-state index in [-0.39, 0.29) is 5.70 Å². The van der Waals surface area contributed by atoms with Gasteiger partial charge >= 0.3 is 5.97 Å². The van der Waals surface area contributed by atoms with Crippen molar-refractivity contribution in [3.05, 3.63) is 21.9 Å². The van der Waals surface area contributed by atoms with Crippen molar-refractivity contribution < 1.29 is 14.8 Å². The Labute approximate surface area is 50.8 Å². The van der Waals surface area contributed by atoms with E-state index in [0.29, 0.717) is 6.08 Å². The van der Waals surface area contributed by atoms with Crippen molar-refractivity contribution in [3.8, 4) is 0 Å². The lowest BCUT2D eigenvalue weighted by molar-refractivity contribution is -0.424. The first-order chi connectivity index (χ1) is 4.04. The number of carboxylic acid groups (broad SMARTS) is 1. The van der Waals surface area contributed by atoms with Crippen molar-refractivity contribution in [1.82, 2.24) is 0 Å². The van der Waals surface area contributed by atoms with Crippen LogP contribution in [-0.2, 0) is 4.79 Å². The summed E-state index contributed by atoms with van der Waals surface area (Å²) in [6.07, 6.45) is 0.542. The summed E-state index contributed by atoms with van der Waals surface area (Å²) >= 11 is 0. The van der Waals surface area contributed by atoms with Crippen molar-refractivity contribution in [1.29, 1.82) is 0 Å². The Morgan fingerprint density at radius 2 is 2.22 bits per heavy atom. The minimum atomic E-state index is -1.30. The van der Waals surface area contributed by atoms with Crippen LogP contribution in [0.2, 0.25) is 0 Å². The van der Waals surface area contributed by atoms with E-state index in [1.54, 1.807) is 0 Å². The lowest BCUT2D eigenvalue weighted by Crippen LogP contribution is -1.98. The number of carbonyl (C=O) groups is 1. The molecule has 0 unspecified atom stereocenters. The van der Waals surface area contributed by atoms with E-state index in [4.69, 9.17) is 5.11 Å². The number of aliphatic carboxylic acids is 1. The zero-order valence-electron chi connectivity index (χ0n) is 4.70. The molecule has 0 radical (unpaired) electrons. The molecule has 0 aromatic carbocycles. The summed E-state index contributed by atoms with van der Waals surface area (Å²) in [7, 11) is 0. The first kappa shape index (κ1) is 7.61. The molecule has 0 heterocycles. The Morgan fingerprint density at radius 1 is 1.78 bits per heavy atom. The molecule has 5 nitrogen and oxygen atoms in total. The molecule has 0 fully saturated rings. The second-order valence-corrected chi connectivity index (χ2v) is 1.38. The van der Waals surface area contributed by atoms with Gasteiger partial charge in [0.05, 0.1) is 11.0 Å². The summed E-state index contributed by atoms with van der Waals surface area (Å²) in [6, 6.07) is 0. The molecule has 0 bridgehead atoms. The second kappa shape index (κ2) is 2.81. The summed E-state index contributed by atoms with van der Waals surface area (Å²) in [5, 5.41) is 17.7. The van der Waals surface area contributed by atoms with E-state index in [1.165, 1.54) is 0 Å². The molecular formula is C4H5NO4. The van der Waals surface area contributed by atoms with E-state index >= 15 is 0 Å². The van der Waals surface area contributed by atoms with Gasteiger partial charge in [0.2, 0.25) is 5.70 Å². The van der Waals surface area contributed by atoms with Crippen LogP contribution < -0.4 is 0 Å². The van der Waals surface area contributed by atoms with Crippen molar-refractivity contribution in [2.45, 2.75) is 6.92 Å². The van der Waals surface area contributed by atoms with Crippen molar-refractivity contribution >= 4 is 5.97 Å². The fraction of sp³-hybridized carbons (Fsp3) is 0.250.